The van der Waals surface area contributed by atoms with Crippen LogP contribution in [0, 0.1) is 5.92 Å². The summed E-state index contributed by atoms with van der Waals surface area (Å²) in [6.45, 7) is 6.74. The second-order valence-electron chi connectivity index (χ2n) is 5.30. The Kier molecular flexibility index (Phi) is 4.22. The topological polar surface area (TPSA) is 12.5 Å². The highest BCUT2D eigenvalue weighted by molar-refractivity contribution is 5.23. The summed E-state index contributed by atoms with van der Waals surface area (Å²) in [6, 6.07) is 9.11. The van der Waals surface area contributed by atoms with Crippen molar-refractivity contribution < 1.29 is 4.74 Å². The van der Waals surface area contributed by atoms with Crippen molar-refractivity contribution in [2.24, 2.45) is 5.92 Å². The number of benzene rings is 1. The van der Waals surface area contributed by atoms with Crippen LogP contribution >= 0.6 is 0 Å². The van der Waals surface area contributed by atoms with Crippen LogP contribution in [0.1, 0.15) is 44.7 Å². The summed E-state index contributed by atoms with van der Waals surface area (Å²) in [6.07, 6.45) is 5.76. The fourth-order valence-corrected chi connectivity index (χ4v) is 2.60. The number of aryl methyl sites for hydroxylation is 1. The first-order chi connectivity index (χ1) is 8.24. The van der Waals surface area contributed by atoms with Crippen molar-refractivity contribution in [3.8, 4) is 0 Å². The van der Waals surface area contributed by atoms with E-state index in [9.17, 15) is 0 Å². The predicted molar refractivity (Wildman–Crippen MR) is 72.3 cm³/mol. The first-order valence-electron chi connectivity index (χ1n) is 6.97. The smallest absolute Gasteiger partial charge is 0.0870 e. The van der Waals surface area contributed by atoms with Crippen molar-refractivity contribution >= 4 is 0 Å². The van der Waals surface area contributed by atoms with Gasteiger partial charge in [0.1, 0.15) is 0 Å². The Hall–Kier alpha value is -0.820. The van der Waals surface area contributed by atoms with Crippen LogP contribution in [0.2, 0.25) is 0 Å². The van der Waals surface area contributed by atoms with E-state index in [2.05, 4.69) is 45.0 Å². The van der Waals surface area contributed by atoms with Gasteiger partial charge in [0.25, 0.3) is 0 Å². The van der Waals surface area contributed by atoms with E-state index in [1.54, 1.807) is 0 Å². The zero-order valence-electron chi connectivity index (χ0n) is 11.3. The maximum Gasteiger partial charge on any atom is 0.0870 e. The molecule has 1 aromatic carbocycles. The average Bonchev–Trinajstić information content (AvgIpc) is 3.11. The summed E-state index contributed by atoms with van der Waals surface area (Å²) < 4.78 is 5.66. The Bertz CT molecular complexity index is 341. The molecule has 0 N–H and O–H groups in total. The molecule has 1 nitrogen and oxygen atoms in total. The Morgan fingerprint density at radius 3 is 2.29 bits per heavy atom. The average molecular weight is 232 g/mol. The van der Waals surface area contributed by atoms with E-state index in [-0.39, 0.29) is 0 Å². The molecule has 0 amide bonds. The van der Waals surface area contributed by atoms with E-state index in [1.807, 2.05) is 0 Å². The fourth-order valence-electron chi connectivity index (χ4n) is 2.60. The lowest BCUT2D eigenvalue weighted by Crippen LogP contribution is -2.09. The number of epoxide rings is 1. The molecule has 0 aromatic heterocycles. The Morgan fingerprint density at radius 1 is 1.12 bits per heavy atom. The van der Waals surface area contributed by atoms with E-state index in [0.717, 1.165) is 12.8 Å². The van der Waals surface area contributed by atoms with E-state index < -0.39 is 0 Å². The highest BCUT2D eigenvalue weighted by Crippen LogP contribution is 2.33. The van der Waals surface area contributed by atoms with Gasteiger partial charge in [-0.3, -0.25) is 0 Å². The second-order valence-corrected chi connectivity index (χ2v) is 5.30. The molecule has 0 spiro atoms. The number of hydrogen-bond donors (Lipinski definition) is 0. The van der Waals surface area contributed by atoms with Crippen LogP contribution in [-0.2, 0) is 17.6 Å². The molecule has 1 aliphatic heterocycles. The first-order valence-corrected chi connectivity index (χ1v) is 6.97. The predicted octanol–water partition coefficient (Wildman–Crippen LogP) is 4.00. The minimum Gasteiger partial charge on any atom is -0.369 e. The number of ether oxygens (including phenoxy) is 1. The van der Waals surface area contributed by atoms with Crippen LogP contribution < -0.4 is 0 Å². The van der Waals surface area contributed by atoms with E-state index >= 15 is 0 Å². The molecule has 17 heavy (non-hydrogen) atoms. The van der Waals surface area contributed by atoms with Gasteiger partial charge in [-0.2, -0.15) is 0 Å². The monoisotopic (exact) mass is 232 g/mol. The lowest BCUT2D eigenvalue weighted by Gasteiger charge is -2.09. The zero-order valence-corrected chi connectivity index (χ0v) is 11.3. The van der Waals surface area contributed by atoms with Gasteiger partial charge in [-0.1, -0.05) is 51.5 Å². The van der Waals surface area contributed by atoms with Crippen molar-refractivity contribution in [1.29, 1.82) is 0 Å². The molecule has 0 bridgehead atoms. The Labute approximate surface area is 105 Å². The first kappa shape index (κ1) is 12.6. The molecule has 1 aliphatic rings. The maximum absolute atomic E-state index is 5.66. The quantitative estimate of drug-likeness (QED) is 0.675. The molecule has 1 saturated heterocycles. The van der Waals surface area contributed by atoms with Gasteiger partial charge < -0.3 is 4.74 Å². The van der Waals surface area contributed by atoms with Gasteiger partial charge in [-0.15, -0.1) is 0 Å². The van der Waals surface area contributed by atoms with Crippen LogP contribution in [-0.4, -0.2) is 12.2 Å². The van der Waals surface area contributed by atoms with E-state index in [4.69, 9.17) is 4.74 Å². The number of rotatable bonds is 6. The van der Waals surface area contributed by atoms with Crippen LogP contribution in [0.3, 0.4) is 0 Å². The molecule has 0 radical (unpaired) electrons. The summed E-state index contributed by atoms with van der Waals surface area (Å²) in [5.74, 6) is 0.650. The minimum atomic E-state index is 0.510. The van der Waals surface area contributed by atoms with Gasteiger partial charge in [0, 0.05) is 0 Å². The summed E-state index contributed by atoms with van der Waals surface area (Å²) >= 11 is 0. The highest BCUT2D eigenvalue weighted by atomic mass is 16.6. The van der Waals surface area contributed by atoms with Gasteiger partial charge >= 0.3 is 0 Å². The SMILES string of the molecule is CCCc1ccc(CC(C)C2OC2CC)cc1. The Morgan fingerprint density at radius 2 is 1.76 bits per heavy atom. The summed E-state index contributed by atoms with van der Waals surface area (Å²) in [7, 11) is 0. The fraction of sp³-hybridized carbons (Fsp3) is 0.625. The third-order valence-corrected chi connectivity index (χ3v) is 3.70. The molecular formula is C16H24O. The van der Waals surface area contributed by atoms with Crippen LogP contribution in [0.25, 0.3) is 0 Å². The molecule has 1 heterocycles. The van der Waals surface area contributed by atoms with Crippen LogP contribution in [0.15, 0.2) is 24.3 Å². The van der Waals surface area contributed by atoms with Crippen LogP contribution in [0.5, 0.6) is 0 Å². The summed E-state index contributed by atoms with van der Waals surface area (Å²) in [4.78, 5) is 0. The van der Waals surface area contributed by atoms with E-state index in [0.29, 0.717) is 18.1 Å². The number of hydrogen-bond acceptors (Lipinski definition) is 1. The van der Waals surface area contributed by atoms with E-state index in [1.165, 1.54) is 24.0 Å². The zero-order chi connectivity index (χ0) is 12.3. The molecule has 0 aliphatic carbocycles. The van der Waals surface area contributed by atoms with Crippen molar-refractivity contribution in [3.05, 3.63) is 35.4 Å². The largest absolute Gasteiger partial charge is 0.369 e. The molecule has 1 heteroatoms. The van der Waals surface area contributed by atoms with Crippen LogP contribution in [0.4, 0.5) is 0 Å². The van der Waals surface area contributed by atoms with Crippen molar-refractivity contribution in [2.75, 3.05) is 0 Å². The van der Waals surface area contributed by atoms with Gasteiger partial charge in [-0.05, 0) is 36.3 Å². The molecule has 3 unspecified atom stereocenters. The summed E-state index contributed by atoms with van der Waals surface area (Å²) in [5.41, 5.74) is 2.90. The summed E-state index contributed by atoms with van der Waals surface area (Å²) in [5, 5.41) is 0. The van der Waals surface area contributed by atoms with Gasteiger partial charge in [-0.25, -0.2) is 0 Å². The van der Waals surface area contributed by atoms with Crippen molar-refractivity contribution in [2.45, 2.75) is 58.7 Å². The minimum absolute atomic E-state index is 0.510. The molecular weight excluding hydrogens is 208 g/mol. The molecule has 2 rings (SSSR count). The Balaban J connectivity index is 1.86. The third-order valence-electron chi connectivity index (χ3n) is 3.70. The lowest BCUT2D eigenvalue weighted by molar-refractivity contribution is 0.322. The van der Waals surface area contributed by atoms with Gasteiger partial charge in [0.2, 0.25) is 0 Å². The molecule has 3 atom stereocenters. The normalized spacial score (nSPS) is 24.6. The lowest BCUT2D eigenvalue weighted by atomic mass is 9.95. The molecule has 1 aromatic rings. The second kappa shape index (κ2) is 5.68. The van der Waals surface area contributed by atoms with Gasteiger partial charge in [0.05, 0.1) is 12.2 Å². The highest BCUT2D eigenvalue weighted by Gasteiger charge is 2.40. The molecule has 1 fully saturated rings. The molecule has 94 valence electrons. The van der Waals surface area contributed by atoms with Crippen molar-refractivity contribution in [1.82, 2.24) is 0 Å². The van der Waals surface area contributed by atoms with Gasteiger partial charge in [0.15, 0.2) is 0 Å². The standard InChI is InChI=1S/C16H24O/c1-4-6-13-7-9-14(10-8-13)11-12(3)16-15(5-2)17-16/h7-10,12,15-16H,4-6,11H2,1-3H3. The third kappa shape index (κ3) is 3.32. The van der Waals surface area contributed by atoms with Crippen molar-refractivity contribution in [3.63, 3.8) is 0 Å². The maximum atomic E-state index is 5.66. The molecule has 0 saturated carbocycles.